The minimum atomic E-state index is -0.388. The number of aromatic nitrogens is 1. The lowest BCUT2D eigenvalue weighted by Crippen LogP contribution is -2.45. The fourth-order valence-electron chi connectivity index (χ4n) is 2.94. The molecule has 1 atom stereocenters. The quantitative estimate of drug-likeness (QED) is 0.901. The predicted octanol–water partition coefficient (Wildman–Crippen LogP) is 3.61. The van der Waals surface area contributed by atoms with Crippen LogP contribution < -0.4 is 5.32 Å². The summed E-state index contributed by atoms with van der Waals surface area (Å²) in [6.07, 6.45) is 3.60. The van der Waals surface area contributed by atoms with Gasteiger partial charge in [0, 0.05) is 19.3 Å². The number of nitrogens with zero attached hydrogens (tertiary/aromatic N) is 2. The first-order valence-corrected chi connectivity index (χ1v) is 8.56. The monoisotopic (exact) mass is 343 g/mol. The maximum Gasteiger partial charge on any atom is 0.257 e. The van der Waals surface area contributed by atoms with Crippen LogP contribution in [0.25, 0.3) is 0 Å². The summed E-state index contributed by atoms with van der Waals surface area (Å²) in [5, 5.41) is 2.93. The van der Waals surface area contributed by atoms with Crippen molar-refractivity contribution >= 4 is 17.4 Å². The number of nitrogens with one attached hydrogen (secondary N) is 1. The number of anilines is 2. The fraction of sp³-hybridized carbons (Fsp3) is 0.368. The van der Waals surface area contributed by atoms with Gasteiger partial charge in [-0.1, -0.05) is 25.5 Å². The number of amides is 1. The van der Waals surface area contributed by atoms with Gasteiger partial charge in [-0.2, -0.15) is 0 Å². The van der Waals surface area contributed by atoms with Crippen LogP contribution >= 0.6 is 0 Å². The standard InChI is InChI=1S/C19H22FN3O2/c1-2-6-14-13-23(11-12-25-14)19(24)15-7-5-10-21-18(15)22-17-9-4-3-8-16(17)20/h3-5,7-10,14H,2,6,11-13H2,1H3,(H,21,22). The lowest BCUT2D eigenvalue weighted by Gasteiger charge is -2.33. The lowest BCUT2D eigenvalue weighted by molar-refractivity contribution is -0.0250. The zero-order chi connectivity index (χ0) is 17.6. The molecule has 1 saturated heterocycles. The molecule has 1 unspecified atom stereocenters. The molecule has 25 heavy (non-hydrogen) atoms. The summed E-state index contributed by atoms with van der Waals surface area (Å²) < 4.78 is 19.6. The van der Waals surface area contributed by atoms with E-state index in [9.17, 15) is 9.18 Å². The van der Waals surface area contributed by atoms with Crippen LogP contribution in [0.1, 0.15) is 30.1 Å². The topological polar surface area (TPSA) is 54.5 Å². The molecule has 5 nitrogen and oxygen atoms in total. The number of hydrogen-bond acceptors (Lipinski definition) is 4. The smallest absolute Gasteiger partial charge is 0.257 e. The Morgan fingerprint density at radius 3 is 3.00 bits per heavy atom. The molecular weight excluding hydrogens is 321 g/mol. The van der Waals surface area contributed by atoms with Crippen LogP contribution in [0.4, 0.5) is 15.9 Å². The average Bonchev–Trinajstić information content (AvgIpc) is 2.64. The number of ether oxygens (including phenoxy) is 1. The van der Waals surface area contributed by atoms with E-state index in [0.717, 1.165) is 12.8 Å². The van der Waals surface area contributed by atoms with Gasteiger partial charge in [-0.05, 0) is 30.7 Å². The molecule has 1 aliphatic heterocycles. The SMILES string of the molecule is CCCC1CN(C(=O)c2cccnc2Nc2ccccc2F)CCO1. The van der Waals surface area contributed by atoms with E-state index in [-0.39, 0.29) is 17.8 Å². The molecule has 0 aliphatic carbocycles. The Morgan fingerprint density at radius 2 is 2.20 bits per heavy atom. The maximum absolute atomic E-state index is 13.9. The highest BCUT2D eigenvalue weighted by Crippen LogP contribution is 2.23. The molecule has 0 bridgehead atoms. The third-order valence-electron chi connectivity index (χ3n) is 4.20. The molecule has 2 aromatic rings. The van der Waals surface area contributed by atoms with Crippen LogP contribution in [0.15, 0.2) is 42.6 Å². The number of carbonyl (C=O) groups excluding carboxylic acids is 1. The Hall–Kier alpha value is -2.47. The zero-order valence-corrected chi connectivity index (χ0v) is 14.2. The van der Waals surface area contributed by atoms with Gasteiger partial charge in [0.15, 0.2) is 0 Å². The van der Waals surface area contributed by atoms with Crippen molar-refractivity contribution in [3.05, 3.63) is 54.0 Å². The van der Waals surface area contributed by atoms with Gasteiger partial charge in [0.1, 0.15) is 11.6 Å². The van der Waals surface area contributed by atoms with Crippen molar-refractivity contribution in [2.45, 2.75) is 25.9 Å². The maximum atomic E-state index is 13.9. The Labute approximate surface area is 146 Å². The van der Waals surface area contributed by atoms with Crippen LogP contribution in [-0.2, 0) is 4.74 Å². The molecule has 0 radical (unpaired) electrons. The Kier molecular flexibility index (Phi) is 5.60. The molecule has 1 aliphatic rings. The Morgan fingerprint density at radius 1 is 1.36 bits per heavy atom. The van der Waals surface area contributed by atoms with Crippen LogP contribution in [0.5, 0.6) is 0 Å². The summed E-state index contributed by atoms with van der Waals surface area (Å²) in [6.45, 7) is 3.75. The normalized spacial score (nSPS) is 17.4. The van der Waals surface area contributed by atoms with Crippen LogP contribution in [0.2, 0.25) is 0 Å². The van der Waals surface area contributed by atoms with Crippen LogP contribution in [-0.4, -0.2) is 41.6 Å². The minimum Gasteiger partial charge on any atom is -0.375 e. The van der Waals surface area contributed by atoms with Gasteiger partial charge < -0.3 is 15.0 Å². The first kappa shape index (κ1) is 17.4. The molecule has 3 rings (SSSR count). The first-order chi connectivity index (χ1) is 12.2. The molecule has 1 N–H and O–H groups in total. The molecule has 1 aromatic carbocycles. The van der Waals surface area contributed by atoms with Crippen molar-refractivity contribution in [1.82, 2.24) is 9.88 Å². The van der Waals surface area contributed by atoms with Crippen molar-refractivity contribution < 1.29 is 13.9 Å². The third kappa shape index (κ3) is 4.14. The second-order valence-electron chi connectivity index (χ2n) is 6.04. The van der Waals surface area contributed by atoms with E-state index < -0.39 is 0 Å². The van der Waals surface area contributed by atoms with Gasteiger partial charge in [-0.15, -0.1) is 0 Å². The molecule has 6 heteroatoms. The summed E-state index contributed by atoms with van der Waals surface area (Å²) in [4.78, 5) is 19.0. The van der Waals surface area contributed by atoms with Crippen molar-refractivity contribution in [2.75, 3.05) is 25.0 Å². The second kappa shape index (κ2) is 8.07. The van der Waals surface area contributed by atoms with Gasteiger partial charge in [-0.25, -0.2) is 9.37 Å². The highest BCUT2D eigenvalue weighted by Gasteiger charge is 2.26. The predicted molar refractivity (Wildman–Crippen MR) is 94.5 cm³/mol. The van der Waals surface area contributed by atoms with Crippen molar-refractivity contribution in [3.8, 4) is 0 Å². The van der Waals surface area contributed by atoms with Gasteiger partial charge in [-0.3, -0.25) is 4.79 Å². The number of morpholine rings is 1. The number of benzene rings is 1. The van der Waals surface area contributed by atoms with Crippen molar-refractivity contribution in [1.29, 1.82) is 0 Å². The Balaban J connectivity index is 1.80. The second-order valence-corrected chi connectivity index (χ2v) is 6.04. The summed E-state index contributed by atoms with van der Waals surface area (Å²) in [5.74, 6) is -0.145. The molecule has 1 fully saturated rings. The van der Waals surface area contributed by atoms with E-state index >= 15 is 0 Å². The van der Waals surface area contributed by atoms with Crippen molar-refractivity contribution in [3.63, 3.8) is 0 Å². The molecule has 2 heterocycles. The summed E-state index contributed by atoms with van der Waals surface area (Å²) in [7, 11) is 0. The zero-order valence-electron chi connectivity index (χ0n) is 14.2. The minimum absolute atomic E-state index is 0.0716. The number of halogens is 1. The molecule has 0 spiro atoms. The van der Waals surface area contributed by atoms with Gasteiger partial charge >= 0.3 is 0 Å². The number of rotatable bonds is 5. The van der Waals surface area contributed by atoms with Gasteiger partial charge in [0.05, 0.1) is 24.0 Å². The van der Waals surface area contributed by atoms with Crippen molar-refractivity contribution in [2.24, 2.45) is 0 Å². The van der Waals surface area contributed by atoms with E-state index in [4.69, 9.17) is 4.74 Å². The molecular formula is C19H22FN3O2. The lowest BCUT2D eigenvalue weighted by atomic mass is 10.1. The van der Waals surface area contributed by atoms with E-state index in [1.165, 1.54) is 6.07 Å². The third-order valence-corrected chi connectivity index (χ3v) is 4.20. The Bertz CT molecular complexity index is 736. The highest BCUT2D eigenvalue weighted by molar-refractivity contribution is 5.99. The summed E-state index contributed by atoms with van der Waals surface area (Å²) in [5.41, 5.74) is 0.726. The summed E-state index contributed by atoms with van der Waals surface area (Å²) >= 11 is 0. The fourth-order valence-corrected chi connectivity index (χ4v) is 2.94. The number of carbonyl (C=O) groups is 1. The summed E-state index contributed by atoms with van der Waals surface area (Å²) in [6, 6.07) is 9.75. The van der Waals surface area contributed by atoms with Crippen LogP contribution in [0, 0.1) is 5.82 Å². The number of para-hydroxylation sites is 1. The van der Waals surface area contributed by atoms with Crippen LogP contribution in [0.3, 0.4) is 0 Å². The molecule has 1 amide bonds. The van der Waals surface area contributed by atoms with E-state index in [2.05, 4.69) is 17.2 Å². The van der Waals surface area contributed by atoms with E-state index in [0.29, 0.717) is 36.8 Å². The highest BCUT2D eigenvalue weighted by atomic mass is 19.1. The van der Waals surface area contributed by atoms with E-state index in [1.54, 1.807) is 41.4 Å². The number of pyridine rings is 1. The molecule has 1 aromatic heterocycles. The van der Waals surface area contributed by atoms with Gasteiger partial charge in [0.25, 0.3) is 5.91 Å². The molecule has 0 saturated carbocycles. The largest absolute Gasteiger partial charge is 0.375 e. The number of hydrogen-bond donors (Lipinski definition) is 1. The van der Waals surface area contributed by atoms with E-state index in [1.807, 2.05) is 0 Å². The van der Waals surface area contributed by atoms with Gasteiger partial charge in [0.2, 0.25) is 0 Å². The average molecular weight is 343 g/mol. The molecule has 132 valence electrons. The first-order valence-electron chi connectivity index (χ1n) is 8.56.